The maximum Gasteiger partial charge on any atom is 0.167 e. The molecular weight excluding hydrogens is 735 g/mol. The molecule has 0 atom stereocenters. The average molecular weight is 768 g/mol. The maximum absolute atomic E-state index is 6.43. The predicted octanol–water partition coefficient (Wildman–Crippen LogP) is 13.8. The maximum atomic E-state index is 6.43. The molecule has 4 heterocycles. The first-order chi connectivity index (χ1) is 29.7. The average Bonchev–Trinajstić information content (AvgIpc) is 3.87. The molecule has 4 aromatic heterocycles. The molecule has 0 bridgehead atoms. The Morgan fingerprint density at radius 1 is 0.383 bits per heavy atom. The predicted molar refractivity (Wildman–Crippen MR) is 244 cm³/mol. The highest BCUT2D eigenvalue weighted by Gasteiger charge is 2.20. The van der Waals surface area contributed by atoms with Crippen LogP contribution < -0.4 is 0 Å². The van der Waals surface area contributed by atoms with Crippen molar-refractivity contribution in [2.75, 3.05) is 0 Å². The normalized spacial score (nSPS) is 11.7. The molecule has 0 saturated carbocycles. The van der Waals surface area contributed by atoms with E-state index in [1.165, 1.54) is 32.7 Å². The van der Waals surface area contributed by atoms with Crippen LogP contribution in [-0.4, -0.2) is 24.5 Å². The smallest absolute Gasteiger partial charge is 0.167 e. The first kappa shape index (κ1) is 33.9. The standard InChI is InChI=1S/C54H33N5O/c1-2-11-34(12-3-1)36-22-25-37(26-23-36)52-56-53(58-54(57-52)45-19-9-18-44-50-49(60-51(44)45)21-10-30-55-50)41-15-8-16-42(32-41)59-47-20-7-6-17-43(47)46-33-40(28-29-48(46)59)39-27-24-35-13-4-5-14-38(35)31-39/h1-33H. The van der Waals surface area contributed by atoms with Crippen molar-refractivity contribution in [3.8, 4) is 62.1 Å². The molecular formula is C54H33N5O. The lowest BCUT2D eigenvalue weighted by Gasteiger charge is -2.12. The molecule has 12 rings (SSSR count). The number of rotatable bonds is 6. The van der Waals surface area contributed by atoms with E-state index < -0.39 is 0 Å². The minimum atomic E-state index is 0.523. The largest absolute Gasteiger partial charge is 0.454 e. The molecule has 0 aliphatic heterocycles. The summed E-state index contributed by atoms with van der Waals surface area (Å²) in [7, 11) is 0. The third kappa shape index (κ3) is 5.65. The molecule has 0 amide bonds. The summed E-state index contributed by atoms with van der Waals surface area (Å²) in [6.07, 6.45) is 1.79. The summed E-state index contributed by atoms with van der Waals surface area (Å²) < 4.78 is 8.77. The first-order valence-electron chi connectivity index (χ1n) is 20.0. The fraction of sp³-hybridized carbons (Fsp3) is 0. The van der Waals surface area contributed by atoms with E-state index in [1.807, 2.05) is 36.4 Å². The van der Waals surface area contributed by atoms with Crippen molar-refractivity contribution in [2.24, 2.45) is 0 Å². The van der Waals surface area contributed by atoms with Crippen LogP contribution in [0.15, 0.2) is 205 Å². The van der Waals surface area contributed by atoms with Crippen LogP contribution in [-0.2, 0) is 0 Å². The van der Waals surface area contributed by atoms with Gasteiger partial charge in [-0.3, -0.25) is 4.98 Å². The molecule has 8 aromatic carbocycles. The van der Waals surface area contributed by atoms with Gasteiger partial charge in [0.2, 0.25) is 0 Å². The van der Waals surface area contributed by atoms with Gasteiger partial charge in [-0.1, -0.05) is 133 Å². The number of nitrogens with zero attached hydrogens (tertiary/aromatic N) is 5. The van der Waals surface area contributed by atoms with Gasteiger partial charge in [0.1, 0.15) is 11.1 Å². The molecule has 12 aromatic rings. The molecule has 0 unspecified atom stereocenters. The van der Waals surface area contributed by atoms with E-state index in [9.17, 15) is 0 Å². The monoisotopic (exact) mass is 767 g/mol. The molecule has 6 heteroatoms. The van der Waals surface area contributed by atoms with E-state index >= 15 is 0 Å². The summed E-state index contributed by atoms with van der Waals surface area (Å²) in [5.74, 6) is 1.66. The van der Waals surface area contributed by atoms with E-state index in [4.69, 9.17) is 19.4 Å². The minimum absolute atomic E-state index is 0.523. The number of benzene rings is 8. The molecule has 0 fully saturated rings. The Bertz CT molecular complexity index is 3610. The Labute approximate surface area is 344 Å². The molecule has 0 N–H and O–H groups in total. The van der Waals surface area contributed by atoms with Gasteiger partial charge in [0, 0.05) is 39.2 Å². The van der Waals surface area contributed by atoms with Gasteiger partial charge >= 0.3 is 0 Å². The molecule has 0 radical (unpaired) electrons. The number of para-hydroxylation sites is 2. The third-order valence-corrected chi connectivity index (χ3v) is 11.5. The molecule has 0 aliphatic rings. The summed E-state index contributed by atoms with van der Waals surface area (Å²) in [5.41, 5.74) is 12.7. The summed E-state index contributed by atoms with van der Waals surface area (Å²) in [6, 6.07) is 67.8. The summed E-state index contributed by atoms with van der Waals surface area (Å²) in [4.78, 5) is 20.1. The van der Waals surface area contributed by atoms with Crippen LogP contribution in [0, 0.1) is 0 Å². The number of furan rings is 1. The van der Waals surface area contributed by atoms with Gasteiger partial charge in [-0.25, -0.2) is 15.0 Å². The van der Waals surface area contributed by atoms with Crippen LogP contribution in [0.1, 0.15) is 0 Å². The van der Waals surface area contributed by atoms with Gasteiger partial charge in [0.05, 0.1) is 16.6 Å². The lowest BCUT2D eigenvalue weighted by molar-refractivity contribution is 0.668. The van der Waals surface area contributed by atoms with Gasteiger partial charge in [-0.15, -0.1) is 0 Å². The Kier molecular flexibility index (Phi) is 7.74. The van der Waals surface area contributed by atoms with Crippen molar-refractivity contribution in [2.45, 2.75) is 0 Å². The second kappa shape index (κ2) is 13.7. The fourth-order valence-corrected chi connectivity index (χ4v) is 8.58. The van der Waals surface area contributed by atoms with Crippen LogP contribution in [0.2, 0.25) is 0 Å². The van der Waals surface area contributed by atoms with Gasteiger partial charge < -0.3 is 8.98 Å². The Balaban J connectivity index is 1.01. The van der Waals surface area contributed by atoms with Crippen molar-refractivity contribution in [1.29, 1.82) is 0 Å². The number of aromatic nitrogens is 5. The minimum Gasteiger partial charge on any atom is -0.454 e. The third-order valence-electron chi connectivity index (χ3n) is 11.5. The molecule has 280 valence electrons. The van der Waals surface area contributed by atoms with Gasteiger partial charge in [-0.2, -0.15) is 0 Å². The van der Waals surface area contributed by atoms with E-state index in [1.54, 1.807) is 6.20 Å². The first-order valence-corrected chi connectivity index (χ1v) is 20.0. The van der Waals surface area contributed by atoms with Crippen LogP contribution in [0.5, 0.6) is 0 Å². The van der Waals surface area contributed by atoms with Crippen molar-refractivity contribution in [3.63, 3.8) is 0 Å². The van der Waals surface area contributed by atoms with Gasteiger partial charge in [0.15, 0.2) is 23.1 Å². The van der Waals surface area contributed by atoms with E-state index in [-0.39, 0.29) is 0 Å². The summed E-state index contributed by atoms with van der Waals surface area (Å²) in [5, 5.41) is 5.77. The highest BCUT2D eigenvalue weighted by Crippen LogP contribution is 2.38. The Morgan fingerprint density at radius 2 is 1.03 bits per heavy atom. The van der Waals surface area contributed by atoms with Crippen molar-refractivity contribution in [1.82, 2.24) is 24.5 Å². The second-order valence-electron chi connectivity index (χ2n) is 15.1. The van der Waals surface area contributed by atoms with Crippen LogP contribution in [0.3, 0.4) is 0 Å². The highest BCUT2D eigenvalue weighted by atomic mass is 16.3. The fourth-order valence-electron chi connectivity index (χ4n) is 8.58. The molecule has 0 saturated heterocycles. The lowest BCUT2D eigenvalue weighted by Crippen LogP contribution is -2.01. The molecule has 6 nitrogen and oxygen atoms in total. The Morgan fingerprint density at radius 3 is 1.93 bits per heavy atom. The zero-order valence-corrected chi connectivity index (χ0v) is 32.2. The molecule has 0 spiro atoms. The Hall–Kier alpha value is -8.22. The quantitative estimate of drug-likeness (QED) is 0.168. The second-order valence-corrected chi connectivity index (χ2v) is 15.1. The van der Waals surface area contributed by atoms with E-state index in [2.05, 4.69) is 167 Å². The van der Waals surface area contributed by atoms with Gasteiger partial charge in [0.25, 0.3) is 0 Å². The summed E-state index contributed by atoms with van der Waals surface area (Å²) in [6.45, 7) is 0. The van der Waals surface area contributed by atoms with Crippen LogP contribution in [0.4, 0.5) is 0 Å². The van der Waals surface area contributed by atoms with Gasteiger partial charge in [-0.05, 0) is 93.7 Å². The van der Waals surface area contributed by atoms with E-state index in [0.29, 0.717) is 28.6 Å². The van der Waals surface area contributed by atoms with Crippen molar-refractivity contribution >= 4 is 54.6 Å². The number of fused-ring (bicyclic) bond motifs is 7. The molecule has 0 aliphatic carbocycles. The number of pyridine rings is 1. The topological polar surface area (TPSA) is 69.6 Å². The highest BCUT2D eigenvalue weighted by molar-refractivity contribution is 6.11. The zero-order valence-electron chi connectivity index (χ0n) is 32.2. The number of hydrogen-bond donors (Lipinski definition) is 0. The zero-order chi connectivity index (χ0) is 39.6. The lowest BCUT2D eigenvalue weighted by atomic mass is 9.99. The summed E-state index contributed by atoms with van der Waals surface area (Å²) >= 11 is 0. The number of hydrogen-bond acceptors (Lipinski definition) is 5. The van der Waals surface area contributed by atoms with Crippen molar-refractivity contribution < 1.29 is 4.42 Å². The van der Waals surface area contributed by atoms with Crippen LogP contribution >= 0.6 is 0 Å². The SMILES string of the molecule is c1ccc(-c2ccc(-c3nc(-c4cccc(-n5c6ccccc6c6cc(-c7ccc8ccccc8c7)ccc65)c4)nc(-c4cccc5c4oc4cccnc45)n3)cc2)cc1. The van der Waals surface area contributed by atoms with Crippen molar-refractivity contribution in [3.05, 3.63) is 200 Å². The molecule has 60 heavy (non-hydrogen) atoms. The van der Waals surface area contributed by atoms with Crippen LogP contribution in [0.25, 0.3) is 117 Å². The van der Waals surface area contributed by atoms with E-state index in [0.717, 1.165) is 55.4 Å².